The van der Waals surface area contributed by atoms with Gasteiger partial charge in [-0.1, -0.05) is 49.7 Å². The van der Waals surface area contributed by atoms with E-state index in [9.17, 15) is 0 Å². The Hall–Kier alpha value is 0.140. The molecule has 3 unspecified atom stereocenters. The standard InChI is InChI=1S/C13H25BrN2/c1-5-10(3)13-9-16(8-11(4)14)12(6-2)7-15-13/h10,12-13,15H,4-9H2,1-3H3. The third kappa shape index (κ3) is 3.86. The van der Waals surface area contributed by atoms with Crippen LogP contribution in [-0.2, 0) is 0 Å². The minimum absolute atomic E-state index is 0.639. The van der Waals surface area contributed by atoms with Gasteiger partial charge < -0.3 is 5.32 Å². The van der Waals surface area contributed by atoms with Crippen molar-refractivity contribution in [3.63, 3.8) is 0 Å². The van der Waals surface area contributed by atoms with E-state index < -0.39 is 0 Å². The van der Waals surface area contributed by atoms with Gasteiger partial charge in [-0.25, -0.2) is 0 Å². The van der Waals surface area contributed by atoms with Gasteiger partial charge in [0, 0.05) is 36.2 Å². The second kappa shape index (κ2) is 6.77. The quantitative estimate of drug-likeness (QED) is 0.837. The molecule has 94 valence electrons. The van der Waals surface area contributed by atoms with Crippen LogP contribution in [0.25, 0.3) is 0 Å². The predicted molar refractivity (Wildman–Crippen MR) is 75.0 cm³/mol. The largest absolute Gasteiger partial charge is 0.311 e. The molecule has 1 aliphatic rings. The van der Waals surface area contributed by atoms with Gasteiger partial charge in [0.05, 0.1) is 0 Å². The molecule has 0 aromatic heterocycles. The number of rotatable bonds is 5. The molecule has 2 nitrogen and oxygen atoms in total. The molecule has 0 spiro atoms. The molecule has 3 atom stereocenters. The molecule has 3 heteroatoms. The topological polar surface area (TPSA) is 15.3 Å². The maximum absolute atomic E-state index is 3.96. The normalized spacial score (nSPS) is 29.0. The van der Waals surface area contributed by atoms with Gasteiger partial charge in [-0.05, 0) is 12.3 Å². The molecule has 0 saturated carbocycles. The van der Waals surface area contributed by atoms with E-state index in [1.807, 2.05) is 0 Å². The highest BCUT2D eigenvalue weighted by atomic mass is 79.9. The van der Waals surface area contributed by atoms with Gasteiger partial charge in [-0.15, -0.1) is 0 Å². The summed E-state index contributed by atoms with van der Waals surface area (Å²) in [6.07, 6.45) is 2.46. The van der Waals surface area contributed by atoms with Crippen LogP contribution in [0.1, 0.15) is 33.6 Å². The fourth-order valence-electron chi connectivity index (χ4n) is 2.36. The van der Waals surface area contributed by atoms with Crippen molar-refractivity contribution in [3.05, 3.63) is 11.1 Å². The number of hydrogen-bond donors (Lipinski definition) is 1. The highest BCUT2D eigenvalue weighted by Gasteiger charge is 2.28. The lowest BCUT2D eigenvalue weighted by Gasteiger charge is -2.42. The van der Waals surface area contributed by atoms with E-state index in [0.29, 0.717) is 12.1 Å². The molecule has 1 heterocycles. The molecule has 0 radical (unpaired) electrons. The highest BCUT2D eigenvalue weighted by Crippen LogP contribution is 2.19. The van der Waals surface area contributed by atoms with Crippen LogP contribution in [0.4, 0.5) is 0 Å². The number of nitrogens with zero attached hydrogens (tertiary/aromatic N) is 1. The molecule has 1 aliphatic heterocycles. The summed E-state index contributed by atoms with van der Waals surface area (Å²) in [6, 6.07) is 1.30. The zero-order valence-corrected chi connectivity index (χ0v) is 12.4. The summed E-state index contributed by atoms with van der Waals surface area (Å²) in [4.78, 5) is 2.56. The number of halogens is 1. The Labute approximate surface area is 109 Å². The van der Waals surface area contributed by atoms with Crippen LogP contribution in [-0.4, -0.2) is 36.6 Å². The van der Waals surface area contributed by atoms with Crippen molar-refractivity contribution in [3.8, 4) is 0 Å². The van der Waals surface area contributed by atoms with Gasteiger partial charge in [-0.3, -0.25) is 4.90 Å². The van der Waals surface area contributed by atoms with E-state index in [1.54, 1.807) is 0 Å². The highest BCUT2D eigenvalue weighted by molar-refractivity contribution is 9.11. The monoisotopic (exact) mass is 288 g/mol. The molecule has 0 aromatic carbocycles. The van der Waals surface area contributed by atoms with Crippen molar-refractivity contribution < 1.29 is 0 Å². The number of hydrogen-bond acceptors (Lipinski definition) is 2. The second-order valence-corrected chi connectivity index (χ2v) is 6.03. The first kappa shape index (κ1) is 14.2. The van der Waals surface area contributed by atoms with E-state index in [0.717, 1.165) is 30.0 Å². The van der Waals surface area contributed by atoms with Crippen molar-refractivity contribution in [1.29, 1.82) is 0 Å². The summed E-state index contributed by atoms with van der Waals surface area (Å²) < 4.78 is 1.09. The second-order valence-electron chi connectivity index (χ2n) is 4.91. The van der Waals surface area contributed by atoms with E-state index in [1.165, 1.54) is 12.8 Å². The molecule has 1 fully saturated rings. The summed E-state index contributed by atoms with van der Waals surface area (Å²) in [7, 11) is 0. The van der Waals surface area contributed by atoms with Crippen LogP contribution in [0.3, 0.4) is 0 Å². The van der Waals surface area contributed by atoms with Gasteiger partial charge in [0.15, 0.2) is 0 Å². The van der Waals surface area contributed by atoms with E-state index >= 15 is 0 Å². The van der Waals surface area contributed by atoms with Crippen molar-refractivity contribution >= 4 is 15.9 Å². The number of nitrogens with one attached hydrogen (secondary N) is 1. The van der Waals surface area contributed by atoms with E-state index in [4.69, 9.17) is 0 Å². The average Bonchev–Trinajstić information content (AvgIpc) is 2.27. The molecular formula is C13H25BrN2. The molecular weight excluding hydrogens is 264 g/mol. The van der Waals surface area contributed by atoms with Crippen molar-refractivity contribution in [2.45, 2.75) is 45.7 Å². The Morgan fingerprint density at radius 1 is 1.56 bits per heavy atom. The molecule has 1 saturated heterocycles. The summed E-state index contributed by atoms with van der Waals surface area (Å²) in [5.41, 5.74) is 0. The third-order valence-corrected chi connectivity index (χ3v) is 3.99. The fraction of sp³-hybridized carbons (Fsp3) is 0.846. The van der Waals surface area contributed by atoms with E-state index in [-0.39, 0.29) is 0 Å². The zero-order valence-electron chi connectivity index (χ0n) is 10.8. The lowest BCUT2D eigenvalue weighted by atomic mass is 9.95. The van der Waals surface area contributed by atoms with Crippen LogP contribution in [0, 0.1) is 5.92 Å². The van der Waals surface area contributed by atoms with Crippen molar-refractivity contribution in [2.24, 2.45) is 5.92 Å². The first-order valence-electron chi connectivity index (χ1n) is 6.39. The lowest BCUT2D eigenvalue weighted by molar-refractivity contribution is 0.118. The zero-order chi connectivity index (χ0) is 12.1. The van der Waals surface area contributed by atoms with Gasteiger partial charge in [-0.2, -0.15) is 0 Å². The Bertz CT molecular complexity index is 230. The third-order valence-electron chi connectivity index (χ3n) is 3.74. The Morgan fingerprint density at radius 3 is 2.75 bits per heavy atom. The molecule has 1 rings (SSSR count). The summed E-state index contributed by atoms with van der Waals surface area (Å²) in [6.45, 7) is 14.1. The maximum atomic E-state index is 3.96. The smallest absolute Gasteiger partial charge is 0.0298 e. The SMILES string of the molecule is C=C(Br)CN1CC(C(C)CC)NCC1CC. The minimum Gasteiger partial charge on any atom is -0.311 e. The Morgan fingerprint density at radius 2 is 2.25 bits per heavy atom. The summed E-state index contributed by atoms with van der Waals surface area (Å²) in [5.74, 6) is 0.754. The maximum Gasteiger partial charge on any atom is 0.0298 e. The molecule has 0 amide bonds. The average molecular weight is 289 g/mol. The van der Waals surface area contributed by atoms with Crippen LogP contribution in [0.15, 0.2) is 11.1 Å². The summed E-state index contributed by atoms with van der Waals surface area (Å²) >= 11 is 3.48. The van der Waals surface area contributed by atoms with Gasteiger partial charge >= 0.3 is 0 Å². The van der Waals surface area contributed by atoms with Gasteiger partial charge in [0.1, 0.15) is 0 Å². The van der Waals surface area contributed by atoms with Gasteiger partial charge in [0.2, 0.25) is 0 Å². The Kier molecular flexibility index (Phi) is 6.01. The summed E-state index contributed by atoms with van der Waals surface area (Å²) in [5, 5.41) is 3.69. The van der Waals surface area contributed by atoms with Crippen LogP contribution < -0.4 is 5.32 Å². The van der Waals surface area contributed by atoms with E-state index in [2.05, 4.69) is 53.5 Å². The molecule has 0 bridgehead atoms. The Balaban J connectivity index is 2.57. The van der Waals surface area contributed by atoms with Crippen molar-refractivity contribution in [1.82, 2.24) is 10.2 Å². The predicted octanol–water partition coefficient (Wildman–Crippen LogP) is 2.99. The first-order valence-corrected chi connectivity index (χ1v) is 7.18. The van der Waals surface area contributed by atoms with Crippen LogP contribution in [0.5, 0.6) is 0 Å². The minimum atomic E-state index is 0.639. The molecule has 0 aromatic rings. The lowest BCUT2D eigenvalue weighted by Crippen LogP contribution is -2.58. The molecule has 1 N–H and O–H groups in total. The van der Waals surface area contributed by atoms with Crippen molar-refractivity contribution in [2.75, 3.05) is 19.6 Å². The van der Waals surface area contributed by atoms with Crippen LogP contribution >= 0.6 is 15.9 Å². The van der Waals surface area contributed by atoms with Gasteiger partial charge in [0.25, 0.3) is 0 Å². The molecule has 16 heavy (non-hydrogen) atoms. The number of piperazine rings is 1. The fourth-order valence-corrected chi connectivity index (χ4v) is 2.69. The van der Waals surface area contributed by atoms with Crippen LogP contribution in [0.2, 0.25) is 0 Å². The molecule has 0 aliphatic carbocycles. The first-order chi connectivity index (χ1) is 7.58.